The third-order valence-electron chi connectivity index (χ3n) is 5.79. The zero-order valence-electron chi connectivity index (χ0n) is 21.6. The van der Waals surface area contributed by atoms with E-state index in [2.05, 4.69) is 31.4 Å². The van der Waals surface area contributed by atoms with Crippen molar-refractivity contribution in [1.82, 2.24) is 24.6 Å². The number of carbonyl (C=O) groups excluding carboxylic acids is 2. The highest BCUT2D eigenvalue weighted by molar-refractivity contribution is 8.07. The number of thioether (sulfide) groups is 2. The Bertz CT molecular complexity index is 1620. The predicted molar refractivity (Wildman–Crippen MR) is 156 cm³/mol. The molecular weight excluding hydrogens is 625 g/mol. The highest BCUT2D eigenvalue weighted by Crippen LogP contribution is 2.46. The van der Waals surface area contributed by atoms with Gasteiger partial charge in [0, 0.05) is 33.7 Å². The van der Waals surface area contributed by atoms with Gasteiger partial charge in [0.1, 0.15) is 37.0 Å². The van der Waals surface area contributed by atoms with E-state index in [4.69, 9.17) is 15.0 Å². The average Bonchev–Trinajstić information content (AvgIpc) is 3.65. The molecule has 3 aromatic heterocycles. The Morgan fingerprint density at radius 1 is 1.38 bits per heavy atom. The molecule has 0 radical (unpaired) electrons. The van der Waals surface area contributed by atoms with E-state index < -0.39 is 29.2 Å². The molecule has 14 nitrogen and oxygen atoms in total. The van der Waals surface area contributed by atoms with E-state index in [9.17, 15) is 19.5 Å². The predicted octanol–water partition coefficient (Wildman–Crippen LogP) is 1.96. The first kappa shape index (κ1) is 29.4. The summed E-state index contributed by atoms with van der Waals surface area (Å²) < 4.78 is 11.5. The zero-order valence-corrected chi connectivity index (χ0v) is 24.9. The smallest absolute Gasteiger partial charge is 0.353 e. The molecule has 42 heavy (non-hydrogen) atoms. The molecule has 0 aliphatic carbocycles. The number of aromatic nitrogens is 4. The second-order valence-corrected chi connectivity index (χ2v) is 12.6. The molecule has 3 N–H and O–H groups in total. The molecule has 18 heteroatoms. The van der Waals surface area contributed by atoms with Gasteiger partial charge in [-0.15, -0.1) is 23.1 Å². The van der Waals surface area contributed by atoms with E-state index in [1.807, 2.05) is 41.5 Å². The van der Waals surface area contributed by atoms with Crippen LogP contribution >= 0.6 is 46.4 Å². The molecule has 5 rings (SSSR count). The number of pyridine rings is 1. The lowest BCUT2D eigenvalue weighted by Crippen LogP contribution is -2.71. The van der Waals surface area contributed by atoms with Gasteiger partial charge >= 0.3 is 5.97 Å². The van der Waals surface area contributed by atoms with Crippen LogP contribution in [0.4, 0.5) is 0 Å². The Morgan fingerprint density at radius 2 is 2.17 bits per heavy atom. The Morgan fingerprint density at radius 3 is 2.88 bits per heavy atom. The van der Waals surface area contributed by atoms with E-state index in [1.165, 1.54) is 39.8 Å². The lowest BCUT2D eigenvalue weighted by molar-refractivity contribution is -0.671. The average molecular weight is 646 g/mol. The fourth-order valence-corrected chi connectivity index (χ4v) is 7.92. The Hall–Kier alpha value is -4.13. The number of carboxylic acids is 1. The number of carboxylic acid groups (broad SMARTS) is 1. The Balaban J connectivity index is 1.31. The van der Waals surface area contributed by atoms with Crippen molar-refractivity contribution in [3.63, 3.8) is 0 Å². The summed E-state index contributed by atoms with van der Waals surface area (Å²) in [6.45, 7) is 3.37. The molecule has 2 atom stereocenters. The normalized spacial score (nSPS) is 18.2. The Labute approximate surface area is 254 Å². The van der Waals surface area contributed by atoms with Crippen molar-refractivity contribution in [2.75, 3.05) is 5.75 Å². The molecule has 2 amide bonds. The molecule has 0 bridgehead atoms. The number of nitrogens with zero attached hydrogens (tertiary/aromatic N) is 6. The minimum absolute atomic E-state index is 0.0226. The summed E-state index contributed by atoms with van der Waals surface area (Å²) in [5, 5.41) is 24.9. The second kappa shape index (κ2) is 12.8. The first-order chi connectivity index (χ1) is 20.3. The maximum atomic E-state index is 13.2. The van der Waals surface area contributed by atoms with Crippen molar-refractivity contribution in [3.05, 3.63) is 64.2 Å². The minimum atomic E-state index is -1.25. The van der Waals surface area contributed by atoms with Crippen molar-refractivity contribution in [3.8, 4) is 11.3 Å². The van der Waals surface area contributed by atoms with Gasteiger partial charge in [-0.1, -0.05) is 23.5 Å². The Kier molecular flexibility index (Phi) is 8.95. The van der Waals surface area contributed by atoms with Crippen LogP contribution < -0.4 is 9.88 Å². The zero-order chi connectivity index (χ0) is 29.8. The van der Waals surface area contributed by atoms with Crippen LogP contribution in [0.5, 0.6) is 0 Å². The highest BCUT2D eigenvalue weighted by atomic mass is 32.2. The van der Waals surface area contributed by atoms with Crippen molar-refractivity contribution in [1.29, 1.82) is 5.41 Å². The van der Waals surface area contributed by atoms with Gasteiger partial charge < -0.3 is 20.0 Å². The number of thiazole rings is 1. The molecular formula is C24H21N8O6S4+. The van der Waals surface area contributed by atoms with Crippen LogP contribution in [0, 0.1) is 5.41 Å². The number of aryl methyl sites for hydroxylation is 1. The van der Waals surface area contributed by atoms with Crippen LogP contribution in [0.3, 0.4) is 0 Å². The quantitative estimate of drug-likeness (QED) is 0.0653. The first-order valence-corrected chi connectivity index (χ1v) is 15.4. The van der Waals surface area contributed by atoms with Gasteiger partial charge in [0.25, 0.3) is 11.8 Å². The number of oxime groups is 1. The molecule has 0 unspecified atom stereocenters. The summed E-state index contributed by atoms with van der Waals surface area (Å²) in [5.74, 6) is -2.39. The summed E-state index contributed by atoms with van der Waals surface area (Å²) in [5.41, 5.74) is 1.26. The van der Waals surface area contributed by atoms with Crippen molar-refractivity contribution in [2.45, 2.75) is 22.4 Å². The van der Waals surface area contributed by atoms with Crippen LogP contribution in [0.15, 0.2) is 62.8 Å². The molecule has 216 valence electrons. The molecule has 2 aliphatic heterocycles. The molecule has 3 aromatic rings. The molecule has 2 aliphatic rings. The first-order valence-electron chi connectivity index (χ1n) is 11.9. The third-order valence-corrected chi connectivity index (χ3v) is 9.96. The molecule has 1 fully saturated rings. The van der Waals surface area contributed by atoms with Gasteiger partial charge in [0.2, 0.25) is 11.5 Å². The monoisotopic (exact) mass is 645 g/mol. The summed E-state index contributed by atoms with van der Waals surface area (Å²) in [6.07, 6.45) is 5.58. The molecule has 0 saturated carbocycles. The van der Waals surface area contributed by atoms with E-state index in [1.54, 1.807) is 0 Å². The standard InChI is InChI=1S/C24H20N8O6S4/c1-3-38-29-16(19-27-15(42-30-19)8-37-11-25)20(33)28-17-21(34)32-18(23(35)36)14(10-39-22(17)32)41-24-26-13(9-40-24)12-4-6-31(2)7-5-12/h3-7,9,11,17,22,25H,1,8,10H2,2H3,(H-,28,33,35,36)/p+1/t17-,22-/m1/s1. The fourth-order valence-electron chi connectivity index (χ4n) is 3.89. The fraction of sp³-hybridized carbons (Fsp3) is 0.208. The van der Waals surface area contributed by atoms with E-state index in [-0.39, 0.29) is 23.8 Å². The van der Waals surface area contributed by atoms with Gasteiger partial charge in [-0.05, 0) is 11.5 Å². The van der Waals surface area contributed by atoms with Crippen LogP contribution in [-0.4, -0.2) is 71.4 Å². The molecule has 1 saturated heterocycles. The van der Waals surface area contributed by atoms with E-state index in [0.717, 1.165) is 35.5 Å². The molecule has 0 spiro atoms. The highest BCUT2D eigenvalue weighted by Gasteiger charge is 2.54. The van der Waals surface area contributed by atoms with E-state index >= 15 is 0 Å². The number of hydrogen-bond acceptors (Lipinski definition) is 14. The van der Waals surface area contributed by atoms with Gasteiger partial charge in [-0.25, -0.2) is 19.3 Å². The number of hydrogen-bond donors (Lipinski definition) is 3. The molecule has 5 heterocycles. The van der Waals surface area contributed by atoms with Crippen molar-refractivity contribution in [2.24, 2.45) is 12.2 Å². The summed E-state index contributed by atoms with van der Waals surface area (Å²) in [6, 6.07) is 2.87. The summed E-state index contributed by atoms with van der Waals surface area (Å²) in [4.78, 5) is 53.9. The van der Waals surface area contributed by atoms with Crippen molar-refractivity contribution < 1.29 is 33.6 Å². The van der Waals surface area contributed by atoms with Gasteiger partial charge in [-0.2, -0.15) is 4.37 Å². The van der Waals surface area contributed by atoms with Crippen LogP contribution in [0.25, 0.3) is 11.3 Å². The number of nitrogens with one attached hydrogen (secondary N) is 2. The summed E-state index contributed by atoms with van der Waals surface area (Å²) >= 11 is 4.86. The summed E-state index contributed by atoms with van der Waals surface area (Å²) in [7, 11) is 1.92. The lowest BCUT2D eigenvalue weighted by atomic mass is 10.0. The lowest BCUT2D eigenvalue weighted by Gasteiger charge is -2.49. The van der Waals surface area contributed by atoms with Gasteiger partial charge in [0.15, 0.2) is 28.1 Å². The number of carbonyl (C=O) groups is 3. The SMILES string of the molecule is C=CON=C(C(=O)N[C@@H]1C(=O)N2C(C(=O)O)=C(Sc3nc(-c4cc[n+](C)cc4)cs3)CS[C@H]12)c1nsc(COC=N)n1. The molecule has 0 aromatic carbocycles. The van der Waals surface area contributed by atoms with Gasteiger partial charge in [0.05, 0.1) is 5.69 Å². The maximum Gasteiger partial charge on any atom is 0.353 e. The number of ether oxygens (including phenoxy) is 1. The maximum absolute atomic E-state index is 13.2. The minimum Gasteiger partial charge on any atom is -0.477 e. The van der Waals surface area contributed by atoms with Crippen LogP contribution in [0.1, 0.15) is 10.8 Å². The number of aliphatic carboxylic acids is 1. The van der Waals surface area contributed by atoms with Crippen LogP contribution in [-0.2, 0) is 37.6 Å². The van der Waals surface area contributed by atoms with Crippen molar-refractivity contribution >= 4 is 76.3 Å². The number of amides is 2. The number of fused-ring (bicyclic) bond motifs is 1. The third kappa shape index (κ3) is 6.06. The van der Waals surface area contributed by atoms with Gasteiger partial charge in [-0.3, -0.25) is 19.9 Å². The topological polar surface area (TPSA) is 184 Å². The largest absolute Gasteiger partial charge is 0.477 e. The second-order valence-electron chi connectivity index (χ2n) is 8.44. The number of rotatable bonds is 12. The van der Waals surface area contributed by atoms with Crippen LogP contribution in [0.2, 0.25) is 0 Å². The van der Waals surface area contributed by atoms with E-state index in [0.29, 0.717) is 20.0 Å². The number of β-lactam (4-membered cyclic amide) rings is 1.